The first-order valence-electron chi connectivity index (χ1n) is 8.71. The van der Waals surface area contributed by atoms with Gasteiger partial charge in [0.1, 0.15) is 0 Å². The van der Waals surface area contributed by atoms with Gasteiger partial charge in [0, 0.05) is 24.6 Å². The average Bonchev–Trinajstić information content (AvgIpc) is 2.77. The van der Waals surface area contributed by atoms with Crippen LogP contribution in [0.15, 0.2) is 54.9 Å². The maximum absolute atomic E-state index is 12.3. The lowest BCUT2D eigenvalue weighted by Crippen LogP contribution is -2.13. The van der Waals surface area contributed by atoms with Gasteiger partial charge in [-0.2, -0.15) is 5.26 Å². The molecule has 0 fully saturated rings. The molecule has 0 aliphatic heterocycles. The number of nitriles is 1. The van der Waals surface area contributed by atoms with Crippen molar-refractivity contribution in [2.75, 3.05) is 24.9 Å². The molecule has 1 heterocycles. The minimum Gasteiger partial charge on any atom is -0.493 e. The van der Waals surface area contributed by atoms with Crippen LogP contribution in [0.25, 0.3) is 0 Å². The van der Waals surface area contributed by atoms with E-state index in [1.54, 1.807) is 38.5 Å². The zero-order chi connectivity index (χ0) is 20.6. The predicted octanol–water partition coefficient (Wildman–Crippen LogP) is 3.23. The Hall–Kier alpha value is -4.12. The largest absolute Gasteiger partial charge is 0.493 e. The number of nitrogens with zero attached hydrogens (tertiary/aromatic N) is 3. The fourth-order valence-corrected chi connectivity index (χ4v) is 2.58. The summed E-state index contributed by atoms with van der Waals surface area (Å²) in [6.07, 6.45) is 2.88. The second-order valence-corrected chi connectivity index (χ2v) is 5.98. The number of carbonyl (C=O) groups is 1. The van der Waals surface area contributed by atoms with Crippen molar-refractivity contribution in [1.29, 1.82) is 5.26 Å². The number of aromatic nitrogens is 2. The maximum atomic E-state index is 12.3. The summed E-state index contributed by atoms with van der Waals surface area (Å²) in [4.78, 5) is 20.7. The van der Waals surface area contributed by atoms with Gasteiger partial charge in [-0.05, 0) is 35.9 Å². The Bertz CT molecular complexity index is 1040. The van der Waals surface area contributed by atoms with Crippen molar-refractivity contribution in [3.05, 3.63) is 71.5 Å². The van der Waals surface area contributed by atoms with Crippen LogP contribution in [0.3, 0.4) is 0 Å². The Kier molecular flexibility index (Phi) is 6.22. The number of amides is 1. The molecule has 2 aromatic carbocycles. The molecule has 0 bridgehead atoms. The summed E-state index contributed by atoms with van der Waals surface area (Å²) in [5, 5.41) is 14.7. The molecule has 8 heteroatoms. The van der Waals surface area contributed by atoms with E-state index >= 15 is 0 Å². The minimum atomic E-state index is -0.355. The predicted molar refractivity (Wildman–Crippen MR) is 108 cm³/mol. The number of ether oxygens (including phenoxy) is 2. The van der Waals surface area contributed by atoms with Crippen molar-refractivity contribution in [2.24, 2.45) is 0 Å². The first-order valence-corrected chi connectivity index (χ1v) is 8.71. The van der Waals surface area contributed by atoms with Crippen molar-refractivity contribution in [3.8, 4) is 17.6 Å². The summed E-state index contributed by atoms with van der Waals surface area (Å²) in [6, 6.07) is 14.3. The van der Waals surface area contributed by atoms with Gasteiger partial charge in [-0.25, -0.2) is 9.97 Å². The van der Waals surface area contributed by atoms with Crippen LogP contribution in [0.2, 0.25) is 0 Å². The van der Waals surface area contributed by atoms with Gasteiger partial charge < -0.3 is 20.1 Å². The average molecular weight is 389 g/mol. The van der Waals surface area contributed by atoms with Crippen LogP contribution in [0.5, 0.6) is 11.5 Å². The Morgan fingerprint density at radius 1 is 1.07 bits per heavy atom. The normalized spacial score (nSPS) is 9.97. The SMILES string of the molecule is COc1ccc(CNc2ncc(C(=O)Nc3cccc(C#N)c3)cn2)cc1OC. The molecule has 0 aliphatic rings. The topological polar surface area (TPSA) is 109 Å². The van der Waals surface area contributed by atoms with Gasteiger partial charge >= 0.3 is 0 Å². The van der Waals surface area contributed by atoms with Gasteiger partial charge in [0.2, 0.25) is 5.95 Å². The molecular formula is C21H19N5O3. The highest BCUT2D eigenvalue weighted by atomic mass is 16.5. The van der Waals surface area contributed by atoms with Gasteiger partial charge in [-0.15, -0.1) is 0 Å². The van der Waals surface area contributed by atoms with E-state index in [0.29, 0.717) is 40.8 Å². The molecule has 0 radical (unpaired) electrons. The number of carbonyl (C=O) groups excluding carboxylic acids is 1. The third-order valence-corrected chi connectivity index (χ3v) is 4.06. The van der Waals surface area contributed by atoms with E-state index in [1.165, 1.54) is 12.4 Å². The Balaban J connectivity index is 1.61. The molecule has 8 nitrogen and oxygen atoms in total. The van der Waals surface area contributed by atoms with Gasteiger partial charge in [0.25, 0.3) is 5.91 Å². The monoisotopic (exact) mass is 389 g/mol. The molecule has 29 heavy (non-hydrogen) atoms. The summed E-state index contributed by atoms with van der Waals surface area (Å²) in [5.74, 6) is 1.33. The van der Waals surface area contributed by atoms with Gasteiger partial charge in [0.05, 0.1) is 31.4 Å². The van der Waals surface area contributed by atoms with Crippen molar-refractivity contribution >= 4 is 17.5 Å². The smallest absolute Gasteiger partial charge is 0.258 e. The van der Waals surface area contributed by atoms with E-state index in [9.17, 15) is 4.79 Å². The van der Waals surface area contributed by atoms with E-state index in [4.69, 9.17) is 14.7 Å². The van der Waals surface area contributed by atoms with Crippen molar-refractivity contribution < 1.29 is 14.3 Å². The number of hydrogen-bond acceptors (Lipinski definition) is 7. The van der Waals surface area contributed by atoms with Gasteiger partial charge in [-0.1, -0.05) is 12.1 Å². The molecule has 2 N–H and O–H groups in total. The lowest BCUT2D eigenvalue weighted by Gasteiger charge is -2.10. The lowest BCUT2D eigenvalue weighted by molar-refractivity contribution is 0.102. The zero-order valence-corrected chi connectivity index (χ0v) is 16.0. The van der Waals surface area contributed by atoms with E-state index in [-0.39, 0.29) is 5.91 Å². The number of hydrogen-bond donors (Lipinski definition) is 2. The molecule has 0 atom stereocenters. The molecule has 0 aliphatic carbocycles. The molecule has 3 rings (SSSR count). The van der Waals surface area contributed by atoms with Crippen LogP contribution in [-0.2, 0) is 6.54 Å². The molecule has 146 valence electrons. The number of benzene rings is 2. The summed E-state index contributed by atoms with van der Waals surface area (Å²) in [6.45, 7) is 0.479. The first-order chi connectivity index (χ1) is 14.1. The number of nitrogens with one attached hydrogen (secondary N) is 2. The zero-order valence-electron chi connectivity index (χ0n) is 16.0. The number of rotatable bonds is 7. The van der Waals surface area contributed by atoms with Crippen molar-refractivity contribution in [2.45, 2.75) is 6.54 Å². The standard InChI is InChI=1S/C21H19N5O3/c1-28-18-7-6-15(9-19(18)29-2)11-23-21-24-12-16(13-25-21)20(27)26-17-5-3-4-14(8-17)10-22/h3-9,12-13H,11H2,1-2H3,(H,26,27)(H,23,24,25). The Labute approximate surface area is 168 Å². The number of anilines is 2. The van der Waals surface area contributed by atoms with Crippen LogP contribution in [0.4, 0.5) is 11.6 Å². The molecule has 1 aromatic heterocycles. The van der Waals surface area contributed by atoms with Crippen LogP contribution in [-0.4, -0.2) is 30.1 Å². The second kappa shape index (κ2) is 9.19. The minimum absolute atomic E-state index is 0.309. The molecule has 3 aromatic rings. The molecule has 0 saturated heterocycles. The summed E-state index contributed by atoms with van der Waals surface area (Å²) < 4.78 is 10.5. The highest BCUT2D eigenvalue weighted by molar-refractivity contribution is 6.03. The lowest BCUT2D eigenvalue weighted by atomic mass is 10.2. The summed E-state index contributed by atoms with van der Waals surface area (Å²) in [5.41, 5.74) is 2.27. The Morgan fingerprint density at radius 3 is 2.52 bits per heavy atom. The first kappa shape index (κ1) is 19.6. The molecule has 1 amide bonds. The van der Waals surface area contributed by atoms with Crippen LogP contribution in [0.1, 0.15) is 21.5 Å². The Morgan fingerprint density at radius 2 is 1.83 bits per heavy atom. The van der Waals surface area contributed by atoms with E-state index in [0.717, 1.165) is 5.56 Å². The third-order valence-electron chi connectivity index (χ3n) is 4.06. The van der Waals surface area contributed by atoms with Crippen LogP contribution >= 0.6 is 0 Å². The quantitative estimate of drug-likeness (QED) is 0.638. The fourth-order valence-electron chi connectivity index (χ4n) is 2.58. The molecular weight excluding hydrogens is 370 g/mol. The summed E-state index contributed by atoms with van der Waals surface area (Å²) >= 11 is 0. The molecule has 0 unspecified atom stereocenters. The number of methoxy groups -OCH3 is 2. The van der Waals surface area contributed by atoms with Crippen molar-refractivity contribution in [1.82, 2.24) is 9.97 Å². The van der Waals surface area contributed by atoms with E-state index in [2.05, 4.69) is 20.6 Å². The molecule has 0 saturated carbocycles. The van der Waals surface area contributed by atoms with Gasteiger partial charge in [0.15, 0.2) is 11.5 Å². The van der Waals surface area contributed by atoms with Gasteiger partial charge in [-0.3, -0.25) is 4.79 Å². The maximum Gasteiger partial charge on any atom is 0.258 e. The second-order valence-electron chi connectivity index (χ2n) is 5.98. The molecule has 0 spiro atoms. The highest BCUT2D eigenvalue weighted by Crippen LogP contribution is 2.27. The highest BCUT2D eigenvalue weighted by Gasteiger charge is 2.09. The van der Waals surface area contributed by atoms with Crippen molar-refractivity contribution in [3.63, 3.8) is 0 Å². The third kappa shape index (κ3) is 4.99. The van der Waals surface area contributed by atoms with E-state index in [1.807, 2.05) is 24.3 Å². The van der Waals surface area contributed by atoms with Crippen LogP contribution in [0, 0.1) is 11.3 Å². The fraction of sp³-hybridized carbons (Fsp3) is 0.143. The van der Waals surface area contributed by atoms with Crippen LogP contribution < -0.4 is 20.1 Å². The van der Waals surface area contributed by atoms with E-state index < -0.39 is 0 Å². The summed E-state index contributed by atoms with van der Waals surface area (Å²) in [7, 11) is 3.17.